The van der Waals surface area contributed by atoms with E-state index in [2.05, 4.69) is 12.2 Å². The maximum atomic E-state index is 13.4. The van der Waals surface area contributed by atoms with Gasteiger partial charge < -0.3 is 10.2 Å². The van der Waals surface area contributed by atoms with Gasteiger partial charge in [-0.05, 0) is 49.4 Å². The molecule has 1 saturated carbocycles. The van der Waals surface area contributed by atoms with Crippen LogP contribution in [-0.4, -0.2) is 40.4 Å². The molecule has 1 aromatic carbocycles. The topological polar surface area (TPSA) is 49.4 Å². The Kier molecular flexibility index (Phi) is 8.73. The molecule has 0 bridgehead atoms. The third kappa shape index (κ3) is 5.91. The second kappa shape index (κ2) is 11.3. The molecule has 2 amide bonds. The number of halogens is 1. The van der Waals surface area contributed by atoms with E-state index in [9.17, 15) is 9.59 Å². The highest BCUT2D eigenvalue weighted by molar-refractivity contribution is 8.00. The Morgan fingerprint density at radius 1 is 1.10 bits per heavy atom. The molecule has 1 aliphatic heterocycles. The van der Waals surface area contributed by atoms with E-state index in [1.807, 2.05) is 4.90 Å². The van der Waals surface area contributed by atoms with Crippen molar-refractivity contribution in [1.29, 1.82) is 0 Å². The molecule has 6 heteroatoms. The lowest BCUT2D eigenvalue weighted by Crippen LogP contribution is -2.51. The Balaban J connectivity index is 1.72. The van der Waals surface area contributed by atoms with Crippen molar-refractivity contribution in [3.05, 3.63) is 34.9 Å². The van der Waals surface area contributed by atoms with Crippen LogP contribution >= 0.6 is 23.4 Å². The van der Waals surface area contributed by atoms with Gasteiger partial charge in [-0.15, -0.1) is 11.8 Å². The number of carbonyl (C=O) groups excluding carboxylic acids is 2. The summed E-state index contributed by atoms with van der Waals surface area (Å²) in [5.74, 6) is 1.11. The number of hydrogen-bond acceptors (Lipinski definition) is 3. The minimum atomic E-state index is -0.388. The highest BCUT2D eigenvalue weighted by atomic mass is 35.5. The fourth-order valence-electron chi connectivity index (χ4n) is 4.39. The Morgan fingerprint density at radius 3 is 2.52 bits per heavy atom. The molecule has 1 aromatic rings. The third-order valence-corrected chi connectivity index (χ3v) is 7.76. The lowest BCUT2D eigenvalue weighted by Gasteiger charge is -2.35. The Labute approximate surface area is 184 Å². The lowest BCUT2D eigenvalue weighted by molar-refractivity contribution is -0.125. The summed E-state index contributed by atoms with van der Waals surface area (Å²) >= 11 is 7.79. The van der Waals surface area contributed by atoms with Gasteiger partial charge in [0.25, 0.3) is 5.91 Å². The van der Waals surface area contributed by atoms with Crippen molar-refractivity contribution in [2.45, 2.75) is 76.1 Å². The maximum Gasteiger partial charge on any atom is 0.255 e. The van der Waals surface area contributed by atoms with Gasteiger partial charge in [0, 0.05) is 22.9 Å². The van der Waals surface area contributed by atoms with Crippen LogP contribution in [0.4, 0.5) is 0 Å². The number of nitrogens with zero attached hydrogens (tertiary/aromatic N) is 1. The maximum absolute atomic E-state index is 13.4. The number of rotatable bonds is 8. The average Bonchev–Trinajstić information content (AvgIpc) is 3.19. The van der Waals surface area contributed by atoms with Crippen LogP contribution in [-0.2, 0) is 4.79 Å². The third-order valence-electron chi connectivity index (χ3n) is 6.05. The molecule has 1 heterocycles. The van der Waals surface area contributed by atoms with Gasteiger partial charge in [-0.3, -0.25) is 9.59 Å². The van der Waals surface area contributed by atoms with Crippen LogP contribution in [0.25, 0.3) is 0 Å². The highest BCUT2D eigenvalue weighted by Gasteiger charge is 2.45. The number of benzene rings is 1. The van der Waals surface area contributed by atoms with Crippen molar-refractivity contribution in [3.63, 3.8) is 0 Å². The summed E-state index contributed by atoms with van der Waals surface area (Å²) in [6, 6.07) is 6.64. The first kappa shape index (κ1) is 22.5. The first-order valence-electron chi connectivity index (χ1n) is 11.1. The molecule has 0 radical (unpaired) electrons. The van der Waals surface area contributed by atoms with E-state index in [0.717, 1.165) is 25.7 Å². The molecule has 3 rings (SSSR count). The molecular formula is C23H33ClN2O2S. The van der Waals surface area contributed by atoms with Crippen molar-refractivity contribution in [1.82, 2.24) is 10.2 Å². The molecule has 2 unspecified atom stereocenters. The molecular weight excluding hydrogens is 404 g/mol. The van der Waals surface area contributed by atoms with Gasteiger partial charge in [-0.1, -0.05) is 57.0 Å². The normalized spacial score (nSPS) is 22.6. The summed E-state index contributed by atoms with van der Waals surface area (Å²) in [6.07, 6.45) is 10.5. The van der Waals surface area contributed by atoms with Gasteiger partial charge in [0.05, 0.1) is 5.37 Å². The molecule has 1 aliphatic carbocycles. The predicted molar refractivity (Wildman–Crippen MR) is 121 cm³/mol. The van der Waals surface area contributed by atoms with E-state index in [1.165, 1.54) is 32.1 Å². The first-order valence-corrected chi connectivity index (χ1v) is 12.5. The SMILES string of the molecule is CCCCCCNC(=O)C1CSC(C2CCCCC2)N1C(=O)c1ccc(Cl)cc1. The number of amides is 2. The smallest absolute Gasteiger partial charge is 0.255 e. The summed E-state index contributed by atoms with van der Waals surface area (Å²) in [5.41, 5.74) is 0.610. The zero-order valence-corrected chi connectivity index (χ0v) is 18.9. The zero-order valence-electron chi connectivity index (χ0n) is 17.4. The fraction of sp³-hybridized carbons (Fsp3) is 0.652. The Hall–Kier alpha value is -1.20. The molecule has 1 saturated heterocycles. The number of hydrogen-bond donors (Lipinski definition) is 1. The largest absolute Gasteiger partial charge is 0.354 e. The van der Waals surface area contributed by atoms with Gasteiger partial charge in [0.1, 0.15) is 6.04 Å². The second-order valence-electron chi connectivity index (χ2n) is 8.21. The number of thioether (sulfide) groups is 1. The van der Waals surface area contributed by atoms with E-state index >= 15 is 0 Å². The quantitative estimate of drug-likeness (QED) is 0.547. The zero-order chi connectivity index (χ0) is 20.6. The molecule has 0 aromatic heterocycles. The van der Waals surface area contributed by atoms with E-state index in [1.54, 1.807) is 36.0 Å². The Morgan fingerprint density at radius 2 is 1.83 bits per heavy atom. The Bertz CT molecular complexity index is 676. The molecule has 4 nitrogen and oxygen atoms in total. The van der Waals surface area contributed by atoms with E-state index in [-0.39, 0.29) is 23.2 Å². The number of nitrogens with one attached hydrogen (secondary N) is 1. The lowest BCUT2D eigenvalue weighted by atomic mass is 9.88. The number of unbranched alkanes of at least 4 members (excludes halogenated alkanes) is 3. The highest BCUT2D eigenvalue weighted by Crippen LogP contribution is 2.41. The second-order valence-corrected chi connectivity index (χ2v) is 9.79. The van der Waals surface area contributed by atoms with Crippen molar-refractivity contribution < 1.29 is 9.59 Å². The molecule has 1 N–H and O–H groups in total. The first-order chi connectivity index (χ1) is 14.1. The van der Waals surface area contributed by atoms with Crippen LogP contribution < -0.4 is 5.32 Å². The van der Waals surface area contributed by atoms with Gasteiger partial charge >= 0.3 is 0 Å². The van der Waals surface area contributed by atoms with E-state index < -0.39 is 0 Å². The van der Waals surface area contributed by atoms with Crippen LogP contribution in [0.5, 0.6) is 0 Å². The summed E-state index contributed by atoms with van der Waals surface area (Å²) in [4.78, 5) is 28.3. The molecule has 160 valence electrons. The van der Waals surface area contributed by atoms with Gasteiger partial charge in [0.2, 0.25) is 5.91 Å². The molecule has 29 heavy (non-hydrogen) atoms. The van der Waals surface area contributed by atoms with E-state index in [0.29, 0.717) is 28.8 Å². The van der Waals surface area contributed by atoms with Crippen molar-refractivity contribution in [2.24, 2.45) is 5.92 Å². The minimum absolute atomic E-state index is 0.00498. The fourth-order valence-corrected chi connectivity index (χ4v) is 6.16. The average molecular weight is 437 g/mol. The summed E-state index contributed by atoms with van der Waals surface area (Å²) in [7, 11) is 0. The predicted octanol–water partition coefficient (Wildman–Crippen LogP) is 5.50. The summed E-state index contributed by atoms with van der Waals surface area (Å²) in [5, 5.41) is 3.79. The van der Waals surface area contributed by atoms with Gasteiger partial charge in [0.15, 0.2) is 0 Å². The van der Waals surface area contributed by atoms with Crippen molar-refractivity contribution in [3.8, 4) is 0 Å². The molecule has 2 atom stereocenters. The number of carbonyl (C=O) groups is 2. The molecule has 0 spiro atoms. The van der Waals surface area contributed by atoms with Crippen LogP contribution in [0.15, 0.2) is 24.3 Å². The van der Waals surface area contributed by atoms with E-state index in [4.69, 9.17) is 11.6 Å². The van der Waals surface area contributed by atoms with Crippen LogP contribution in [0.2, 0.25) is 5.02 Å². The van der Waals surface area contributed by atoms with Gasteiger partial charge in [-0.25, -0.2) is 0 Å². The van der Waals surface area contributed by atoms with Crippen LogP contribution in [0.3, 0.4) is 0 Å². The standard InChI is InChI=1S/C23H33ClN2O2S/c1-2-3-4-8-15-25-21(27)20-16-29-23(18-9-6-5-7-10-18)26(20)22(28)17-11-13-19(24)14-12-17/h11-14,18,20,23H,2-10,15-16H2,1H3,(H,25,27). The monoisotopic (exact) mass is 436 g/mol. The van der Waals surface area contributed by atoms with Gasteiger partial charge in [-0.2, -0.15) is 0 Å². The van der Waals surface area contributed by atoms with Crippen molar-refractivity contribution in [2.75, 3.05) is 12.3 Å². The van der Waals surface area contributed by atoms with Crippen LogP contribution in [0.1, 0.15) is 75.1 Å². The van der Waals surface area contributed by atoms with Crippen LogP contribution in [0, 0.1) is 5.92 Å². The minimum Gasteiger partial charge on any atom is -0.354 e. The summed E-state index contributed by atoms with van der Waals surface area (Å²) < 4.78 is 0. The molecule has 2 fully saturated rings. The molecule has 2 aliphatic rings. The summed E-state index contributed by atoms with van der Waals surface area (Å²) in [6.45, 7) is 2.87. The van der Waals surface area contributed by atoms with Crippen molar-refractivity contribution >= 4 is 35.2 Å².